The van der Waals surface area contributed by atoms with E-state index in [2.05, 4.69) is 9.97 Å². The van der Waals surface area contributed by atoms with Gasteiger partial charge in [-0.2, -0.15) is 0 Å². The number of benzene rings is 1. The summed E-state index contributed by atoms with van der Waals surface area (Å²) in [5.41, 5.74) is 3.08. The molecule has 1 aliphatic heterocycles. The molecule has 5 heteroatoms. The highest BCUT2D eigenvalue weighted by atomic mass is 19.1. The summed E-state index contributed by atoms with van der Waals surface area (Å²) < 4.78 is 13.4. The number of aromatic nitrogens is 2. The molecule has 0 spiro atoms. The number of likely N-dealkylation sites (tertiary alicyclic amines) is 1. The second-order valence-corrected chi connectivity index (χ2v) is 6.74. The maximum absolute atomic E-state index is 13.4. The van der Waals surface area contributed by atoms with Crippen LogP contribution in [0.5, 0.6) is 0 Å². The van der Waals surface area contributed by atoms with Gasteiger partial charge < -0.3 is 4.90 Å². The van der Waals surface area contributed by atoms with Crippen LogP contribution in [0.25, 0.3) is 11.3 Å². The predicted octanol–water partition coefficient (Wildman–Crippen LogP) is 4.65. The van der Waals surface area contributed by atoms with Crippen molar-refractivity contribution in [1.82, 2.24) is 14.9 Å². The number of amides is 1. The van der Waals surface area contributed by atoms with Crippen LogP contribution in [0.1, 0.15) is 41.2 Å². The summed E-state index contributed by atoms with van der Waals surface area (Å²) in [6.07, 6.45) is 8.07. The van der Waals surface area contributed by atoms with E-state index in [1.807, 2.05) is 23.1 Å². The third-order valence-corrected chi connectivity index (χ3v) is 4.96. The number of halogens is 1. The Morgan fingerprint density at radius 3 is 2.74 bits per heavy atom. The number of rotatable bonds is 3. The summed E-state index contributed by atoms with van der Waals surface area (Å²) in [4.78, 5) is 23.4. The molecule has 4 nitrogen and oxygen atoms in total. The van der Waals surface area contributed by atoms with E-state index in [9.17, 15) is 9.18 Å². The second kappa shape index (κ2) is 7.66. The number of carbonyl (C=O) groups is 1. The van der Waals surface area contributed by atoms with E-state index in [0.717, 1.165) is 42.6 Å². The maximum Gasteiger partial charge on any atom is 0.255 e. The van der Waals surface area contributed by atoms with Crippen molar-refractivity contribution in [3.63, 3.8) is 0 Å². The average molecular weight is 361 g/mol. The van der Waals surface area contributed by atoms with Crippen LogP contribution >= 0.6 is 0 Å². The zero-order valence-corrected chi connectivity index (χ0v) is 14.9. The number of nitrogens with zero attached hydrogens (tertiary/aromatic N) is 3. The van der Waals surface area contributed by atoms with Gasteiger partial charge >= 0.3 is 0 Å². The fourth-order valence-electron chi connectivity index (χ4n) is 3.60. The Kier molecular flexibility index (Phi) is 4.92. The van der Waals surface area contributed by atoms with E-state index in [0.29, 0.717) is 5.56 Å². The Balaban J connectivity index is 1.59. The minimum Gasteiger partial charge on any atom is -0.332 e. The van der Waals surface area contributed by atoms with Crippen LogP contribution < -0.4 is 0 Å². The fraction of sp³-hybridized carbons (Fsp3) is 0.227. The topological polar surface area (TPSA) is 46.1 Å². The highest BCUT2D eigenvalue weighted by Gasteiger charge is 2.29. The van der Waals surface area contributed by atoms with Gasteiger partial charge in [0.2, 0.25) is 0 Å². The van der Waals surface area contributed by atoms with E-state index in [4.69, 9.17) is 0 Å². The van der Waals surface area contributed by atoms with Crippen molar-refractivity contribution < 1.29 is 9.18 Å². The van der Waals surface area contributed by atoms with E-state index >= 15 is 0 Å². The largest absolute Gasteiger partial charge is 0.332 e. The first-order chi connectivity index (χ1) is 13.2. The summed E-state index contributed by atoms with van der Waals surface area (Å²) in [5.74, 6) is -0.277. The molecule has 3 aromatic rings. The Labute approximate surface area is 157 Å². The van der Waals surface area contributed by atoms with Crippen molar-refractivity contribution in [3.05, 3.63) is 84.1 Å². The van der Waals surface area contributed by atoms with Crippen molar-refractivity contribution >= 4 is 5.91 Å². The normalized spacial score (nSPS) is 16.9. The Morgan fingerprint density at radius 1 is 1.07 bits per heavy atom. The van der Waals surface area contributed by atoms with Crippen molar-refractivity contribution in [2.24, 2.45) is 0 Å². The zero-order valence-electron chi connectivity index (χ0n) is 14.9. The molecule has 0 N–H and O–H groups in total. The molecule has 4 rings (SSSR count). The van der Waals surface area contributed by atoms with Crippen LogP contribution in [-0.4, -0.2) is 27.3 Å². The number of carbonyl (C=O) groups excluding carboxylic acids is 1. The molecule has 2 aromatic heterocycles. The van der Waals surface area contributed by atoms with Crippen molar-refractivity contribution in [2.75, 3.05) is 6.54 Å². The Bertz CT molecular complexity index is 928. The summed E-state index contributed by atoms with van der Waals surface area (Å²) >= 11 is 0. The molecule has 3 heterocycles. The van der Waals surface area contributed by atoms with Gasteiger partial charge in [-0.15, -0.1) is 0 Å². The molecule has 1 amide bonds. The SMILES string of the molecule is O=C(c1cccnc1)N1CCCC[C@@H]1c1ccc(-c2cccc(F)c2)nc1. The quantitative estimate of drug-likeness (QED) is 0.682. The molecular formula is C22H20FN3O. The van der Waals surface area contributed by atoms with Crippen molar-refractivity contribution in [3.8, 4) is 11.3 Å². The lowest BCUT2D eigenvalue weighted by atomic mass is 9.95. The first-order valence-electron chi connectivity index (χ1n) is 9.15. The van der Waals surface area contributed by atoms with Gasteiger partial charge in [0.05, 0.1) is 17.3 Å². The maximum atomic E-state index is 13.4. The third-order valence-electron chi connectivity index (χ3n) is 4.96. The smallest absolute Gasteiger partial charge is 0.255 e. The molecule has 0 bridgehead atoms. The fourth-order valence-corrected chi connectivity index (χ4v) is 3.60. The molecule has 0 aliphatic carbocycles. The lowest BCUT2D eigenvalue weighted by molar-refractivity contribution is 0.0611. The number of hydrogen-bond donors (Lipinski definition) is 0. The van der Waals surface area contributed by atoms with Gasteiger partial charge in [-0.05, 0) is 55.2 Å². The lowest BCUT2D eigenvalue weighted by Gasteiger charge is -2.36. The van der Waals surface area contributed by atoms with Gasteiger partial charge in [-0.1, -0.05) is 18.2 Å². The Morgan fingerprint density at radius 2 is 2.00 bits per heavy atom. The van der Waals surface area contributed by atoms with Gasteiger partial charge in [0.1, 0.15) is 5.82 Å². The van der Waals surface area contributed by atoms with Crippen LogP contribution in [0.3, 0.4) is 0 Å². The summed E-state index contributed by atoms with van der Waals surface area (Å²) in [7, 11) is 0. The van der Waals surface area contributed by atoms with Gasteiger partial charge in [0.15, 0.2) is 0 Å². The van der Waals surface area contributed by atoms with Gasteiger partial charge in [0, 0.05) is 30.7 Å². The van der Waals surface area contributed by atoms with E-state index in [-0.39, 0.29) is 17.8 Å². The standard InChI is InChI=1S/C22H20FN3O/c23-19-7-3-5-16(13-19)20-10-9-17(15-25-20)21-8-1-2-12-26(21)22(27)18-6-4-11-24-14-18/h3-7,9-11,13-15,21H,1-2,8,12H2/t21-/m1/s1. The van der Waals surface area contributed by atoms with Crippen molar-refractivity contribution in [1.29, 1.82) is 0 Å². The summed E-state index contributed by atoms with van der Waals surface area (Å²) in [6, 6.07) is 13.9. The van der Waals surface area contributed by atoms with E-state index in [1.165, 1.54) is 12.1 Å². The lowest BCUT2D eigenvalue weighted by Crippen LogP contribution is -2.38. The first-order valence-corrected chi connectivity index (χ1v) is 9.15. The Hall–Kier alpha value is -3.08. The predicted molar refractivity (Wildman–Crippen MR) is 101 cm³/mol. The molecule has 1 saturated heterocycles. The first kappa shape index (κ1) is 17.3. The highest BCUT2D eigenvalue weighted by Crippen LogP contribution is 2.32. The molecule has 27 heavy (non-hydrogen) atoms. The van der Waals surface area contributed by atoms with E-state index < -0.39 is 0 Å². The molecule has 1 atom stereocenters. The van der Waals surface area contributed by atoms with E-state index in [1.54, 1.807) is 36.8 Å². The van der Waals surface area contributed by atoms with Gasteiger partial charge in [0.25, 0.3) is 5.91 Å². The van der Waals surface area contributed by atoms with Gasteiger partial charge in [-0.3, -0.25) is 14.8 Å². The number of piperidine rings is 1. The molecule has 0 saturated carbocycles. The monoisotopic (exact) mass is 361 g/mol. The number of hydrogen-bond acceptors (Lipinski definition) is 3. The zero-order chi connectivity index (χ0) is 18.6. The molecule has 0 unspecified atom stereocenters. The van der Waals surface area contributed by atoms with Gasteiger partial charge in [-0.25, -0.2) is 4.39 Å². The molecule has 1 aromatic carbocycles. The van der Waals surface area contributed by atoms with Crippen LogP contribution in [0.4, 0.5) is 4.39 Å². The average Bonchev–Trinajstić information content (AvgIpc) is 2.74. The molecule has 1 aliphatic rings. The second-order valence-electron chi connectivity index (χ2n) is 6.74. The van der Waals surface area contributed by atoms with Crippen LogP contribution in [0.2, 0.25) is 0 Å². The molecular weight excluding hydrogens is 341 g/mol. The summed E-state index contributed by atoms with van der Waals surface area (Å²) in [6.45, 7) is 0.726. The molecule has 136 valence electrons. The highest BCUT2D eigenvalue weighted by molar-refractivity contribution is 5.94. The third kappa shape index (κ3) is 3.72. The van der Waals surface area contributed by atoms with Crippen LogP contribution in [-0.2, 0) is 0 Å². The van der Waals surface area contributed by atoms with Crippen molar-refractivity contribution in [2.45, 2.75) is 25.3 Å². The van der Waals surface area contributed by atoms with Crippen LogP contribution in [0.15, 0.2) is 67.1 Å². The molecule has 0 radical (unpaired) electrons. The molecule has 1 fully saturated rings. The van der Waals surface area contributed by atoms with Crippen LogP contribution in [0, 0.1) is 5.82 Å². The number of pyridine rings is 2. The minimum absolute atomic E-state index is 0.000477. The minimum atomic E-state index is -0.279. The summed E-state index contributed by atoms with van der Waals surface area (Å²) in [5, 5.41) is 0.